The molecule has 0 spiro atoms. The van der Waals surface area contributed by atoms with Gasteiger partial charge in [0.1, 0.15) is 38.6 Å². The summed E-state index contributed by atoms with van der Waals surface area (Å²) < 4.78 is 43.1. The lowest BCUT2D eigenvalue weighted by Gasteiger charge is -2.44. The first-order valence-electron chi connectivity index (χ1n) is 22.4. The number of hydrogen-bond donors (Lipinski definition) is 6. The Balaban J connectivity index is 1.09. The van der Waals surface area contributed by atoms with Crippen LogP contribution in [0.2, 0.25) is 0 Å². The highest BCUT2D eigenvalue weighted by atomic mass is 16.7. The Hall–Kier alpha value is -7.96. The predicted octanol–water partition coefficient (Wildman–Crippen LogP) is 0.128. The number of rotatable bonds is 24. The predicted molar refractivity (Wildman–Crippen MR) is 245 cm³/mol. The second-order valence-corrected chi connectivity index (χ2v) is 16.1. The molecule has 0 aromatic heterocycles. The molecule has 0 radical (unpaired) electrons. The van der Waals surface area contributed by atoms with Gasteiger partial charge in [-0.2, -0.15) is 0 Å². The van der Waals surface area contributed by atoms with E-state index in [2.05, 4.69) is 26.6 Å². The molecule has 6 N–H and O–H groups in total. The fourth-order valence-corrected chi connectivity index (χ4v) is 7.62. The summed E-state index contributed by atoms with van der Waals surface area (Å²) in [5.74, 6) is -8.39. The van der Waals surface area contributed by atoms with Gasteiger partial charge < -0.3 is 69.6 Å². The molecular formula is C48H55N5O19. The molecule has 5 rings (SSSR count). The van der Waals surface area contributed by atoms with Crippen molar-refractivity contribution in [2.45, 2.75) is 82.9 Å². The molecule has 0 unspecified atom stereocenters. The van der Waals surface area contributed by atoms with E-state index in [1.54, 1.807) is 30.3 Å². The minimum absolute atomic E-state index is 0.0260. The highest BCUT2D eigenvalue weighted by Gasteiger charge is 2.53. The second kappa shape index (κ2) is 26.9. The first-order valence-corrected chi connectivity index (χ1v) is 22.4. The molecule has 3 aromatic rings. The molecule has 24 heteroatoms. The Morgan fingerprint density at radius 2 is 1.15 bits per heavy atom. The summed E-state index contributed by atoms with van der Waals surface area (Å²) in [4.78, 5) is 124. The number of carbonyl (C=O) groups is 10. The first kappa shape index (κ1) is 55.0. The third kappa shape index (κ3) is 16.6. The van der Waals surface area contributed by atoms with Gasteiger partial charge in [0.15, 0.2) is 30.7 Å². The molecule has 1 aliphatic heterocycles. The van der Waals surface area contributed by atoms with E-state index in [-0.39, 0.29) is 18.9 Å². The maximum Gasteiger partial charge on any atom is 0.407 e. The van der Waals surface area contributed by atoms with Crippen LogP contribution < -0.4 is 26.6 Å². The van der Waals surface area contributed by atoms with Crippen molar-refractivity contribution in [3.63, 3.8) is 0 Å². The van der Waals surface area contributed by atoms with Crippen molar-refractivity contribution in [3.8, 4) is 11.1 Å². The number of alkyl carbamates (subject to hydrolysis) is 1. The van der Waals surface area contributed by atoms with E-state index in [0.717, 1.165) is 49.9 Å². The molecule has 24 nitrogen and oxygen atoms in total. The van der Waals surface area contributed by atoms with Crippen LogP contribution in [0.15, 0.2) is 78.9 Å². The Labute approximate surface area is 412 Å². The van der Waals surface area contributed by atoms with Crippen molar-refractivity contribution in [1.82, 2.24) is 26.6 Å². The van der Waals surface area contributed by atoms with Crippen molar-refractivity contribution in [2.24, 2.45) is 0 Å². The molecule has 0 bridgehead atoms. The maximum absolute atomic E-state index is 13.3. The number of amides is 5. The molecule has 72 heavy (non-hydrogen) atoms. The molecule has 2 aliphatic rings. The normalized spacial score (nSPS) is 18.5. The number of nitrogens with one attached hydrogen (secondary N) is 5. The van der Waals surface area contributed by atoms with Gasteiger partial charge >= 0.3 is 35.9 Å². The minimum Gasteiger partial charge on any atom is -0.479 e. The van der Waals surface area contributed by atoms with E-state index in [1.807, 2.05) is 48.5 Å². The Bertz CT molecular complexity index is 2410. The van der Waals surface area contributed by atoms with Gasteiger partial charge in [-0.25, -0.2) is 9.59 Å². The summed E-state index contributed by atoms with van der Waals surface area (Å²) in [5, 5.41) is 21.8. The molecule has 386 valence electrons. The van der Waals surface area contributed by atoms with E-state index in [1.165, 1.54) is 0 Å². The van der Waals surface area contributed by atoms with E-state index < -0.39 is 142 Å². The number of carboxylic acids is 1. The lowest BCUT2D eigenvalue weighted by molar-refractivity contribution is -0.311. The van der Waals surface area contributed by atoms with Crippen molar-refractivity contribution in [2.75, 3.05) is 46.2 Å². The van der Waals surface area contributed by atoms with Gasteiger partial charge in [0.05, 0.1) is 19.7 Å². The van der Waals surface area contributed by atoms with Crippen LogP contribution in [-0.2, 0) is 87.5 Å². The van der Waals surface area contributed by atoms with E-state index in [9.17, 15) is 53.1 Å². The van der Waals surface area contributed by atoms with Gasteiger partial charge in [0, 0.05) is 40.0 Å². The zero-order chi connectivity index (χ0) is 52.3. The third-order valence-corrected chi connectivity index (χ3v) is 10.7. The van der Waals surface area contributed by atoms with Crippen LogP contribution in [0.3, 0.4) is 0 Å². The fourth-order valence-electron chi connectivity index (χ4n) is 7.62. The van der Waals surface area contributed by atoms with Crippen LogP contribution in [0.25, 0.3) is 11.1 Å². The highest BCUT2D eigenvalue weighted by molar-refractivity contribution is 5.92. The Morgan fingerprint density at radius 1 is 0.597 bits per heavy atom. The molecule has 1 aliphatic carbocycles. The molecule has 1 fully saturated rings. The van der Waals surface area contributed by atoms with Gasteiger partial charge in [-0.3, -0.25) is 38.4 Å². The molecule has 1 saturated heterocycles. The minimum atomic E-state index is -1.83. The smallest absolute Gasteiger partial charge is 0.407 e. The number of carboxylic acid groups (broad SMARTS) is 1. The average Bonchev–Trinajstić information content (AvgIpc) is 3.66. The highest BCUT2D eigenvalue weighted by Crippen LogP contribution is 2.44. The number of esters is 4. The van der Waals surface area contributed by atoms with Gasteiger partial charge in [0.2, 0.25) is 23.6 Å². The fraction of sp³-hybridized carbons (Fsp3) is 0.417. The number of fused-ring (bicyclic) bond motifs is 3. The lowest BCUT2D eigenvalue weighted by Crippen LogP contribution is -2.63. The van der Waals surface area contributed by atoms with Crippen LogP contribution in [0.4, 0.5) is 4.79 Å². The number of hydrogen-bond acceptors (Lipinski definition) is 18. The molecule has 7 atom stereocenters. The summed E-state index contributed by atoms with van der Waals surface area (Å²) in [5.41, 5.74) is 4.76. The largest absolute Gasteiger partial charge is 0.479 e. The Kier molecular flexibility index (Phi) is 20.5. The van der Waals surface area contributed by atoms with Gasteiger partial charge in [0.25, 0.3) is 0 Å². The van der Waals surface area contributed by atoms with Gasteiger partial charge in [-0.15, -0.1) is 0 Å². The maximum atomic E-state index is 13.3. The number of benzene rings is 3. The lowest BCUT2D eigenvalue weighted by atomic mass is 9.98. The standard InChI is InChI=1S/C48H55N5O19/c1-26(54)65-23-37-42(69-27(2)55)43(70-28(3)56)44(71-29(4)57)47(72-37)66-24-38(46(62)63)68-25-52-40(59)19-50-45(61)36(18-30-12-6-5-7-13-30)53-41(60)21-49-39(58)20-51-48(64)67-22-35-33-16-10-8-14-31(33)32-15-9-11-17-34(32)35/h5-17,35-38,42-44,47H,18-25H2,1-4H3,(H,49,58)(H,50,61)(H,51,64)(H,52,59)(H,53,60)(H,62,63)/t36-,37+,38+,42-,43-,44+,47+/m0/s1. The monoisotopic (exact) mass is 1010 g/mol. The molecule has 3 aromatic carbocycles. The SMILES string of the molecule is CC(=O)OC[C@H]1O[C@@H](OC[C@@H](OCNC(=O)CNC(=O)[C@H](Cc2ccccc2)NC(=O)CNC(=O)CNC(=O)OCC2c3ccccc3-c3ccccc32)C(=O)O)[C@H](OC(C)=O)[C@@H](OC(C)=O)[C@H]1OC(C)=O. The van der Waals surface area contributed by atoms with Crippen molar-refractivity contribution >= 4 is 59.6 Å². The van der Waals surface area contributed by atoms with Crippen molar-refractivity contribution in [3.05, 3.63) is 95.6 Å². The second-order valence-electron chi connectivity index (χ2n) is 16.1. The number of carbonyl (C=O) groups excluding carboxylic acids is 9. The third-order valence-electron chi connectivity index (χ3n) is 10.7. The van der Waals surface area contributed by atoms with Crippen molar-refractivity contribution in [1.29, 1.82) is 0 Å². The number of aliphatic carboxylic acids is 1. The molecule has 1 heterocycles. The van der Waals surface area contributed by atoms with Gasteiger partial charge in [-0.05, 0) is 27.8 Å². The van der Waals surface area contributed by atoms with E-state index in [0.29, 0.717) is 5.56 Å². The summed E-state index contributed by atoms with van der Waals surface area (Å²) in [6.07, 6.45) is -10.5. The quantitative estimate of drug-likeness (QED) is 0.0395. The molecule has 5 amide bonds. The zero-order valence-electron chi connectivity index (χ0n) is 39.6. The zero-order valence-corrected chi connectivity index (χ0v) is 39.6. The van der Waals surface area contributed by atoms with Gasteiger partial charge in [-0.1, -0.05) is 78.9 Å². The van der Waals surface area contributed by atoms with Crippen LogP contribution in [-0.4, -0.2) is 154 Å². The topological polar surface area (TPSA) is 325 Å². The van der Waals surface area contributed by atoms with Crippen LogP contribution in [0.5, 0.6) is 0 Å². The summed E-state index contributed by atoms with van der Waals surface area (Å²) in [6, 6.07) is 22.9. The van der Waals surface area contributed by atoms with Crippen molar-refractivity contribution < 1.29 is 90.9 Å². The first-order chi connectivity index (χ1) is 34.4. The number of ether oxygens (including phenoxy) is 8. The summed E-state index contributed by atoms with van der Waals surface area (Å²) >= 11 is 0. The Morgan fingerprint density at radius 3 is 1.76 bits per heavy atom. The molecule has 0 saturated carbocycles. The van der Waals surface area contributed by atoms with Crippen LogP contribution in [0.1, 0.15) is 50.3 Å². The summed E-state index contributed by atoms with van der Waals surface area (Å²) in [7, 11) is 0. The van der Waals surface area contributed by atoms with Crippen LogP contribution in [0, 0.1) is 0 Å². The van der Waals surface area contributed by atoms with E-state index >= 15 is 0 Å². The van der Waals surface area contributed by atoms with Crippen LogP contribution >= 0.6 is 0 Å². The average molecular weight is 1010 g/mol. The van der Waals surface area contributed by atoms with E-state index in [4.69, 9.17) is 37.9 Å². The molecular weight excluding hydrogens is 951 g/mol. The summed E-state index contributed by atoms with van der Waals surface area (Å²) in [6.45, 7) is 0.253.